The van der Waals surface area contributed by atoms with Crippen LogP contribution >= 0.6 is 0 Å². The molecule has 4 nitrogen and oxygen atoms in total. The quantitative estimate of drug-likeness (QED) is 0.0377. The molecule has 1 aliphatic heterocycles. The van der Waals surface area contributed by atoms with Crippen LogP contribution in [0.3, 0.4) is 0 Å². The molecule has 0 saturated carbocycles. The Hall–Kier alpha value is -2.16. The first-order valence-corrected chi connectivity index (χ1v) is 33.4. The summed E-state index contributed by atoms with van der Waals surface area (Å²) in [5.41, 5.74) is 29.2. The van der Waals surface area contributed by atoms with Gasteiger partial charge in [0, 0.05) is 16.7 Å². The molecule has 5 heteroatoms. The Kier molecular flexibility index (Phi) is 42.1. The van der Waals surface area contributed by atoms with Gasteiger partial charge >= 0.3 is 65.5 Å². The molecule has 0 fully saturated rings. The van der Waals surface area contributed by atoms with Crippen LogP contribution in [0.4, 0.5) is 0 Å². The van der Waals surface area contributed by atoms with E-state index in [1.165, 1.54) is 211 Å². The summed E-state index contributed by atoms with van der Waals surface area (Å²) >= 11 is 0.0746. The van der Waals surface area contributed by atoms with E-state index in [2.05, 4.69) is 106 Å². The number of unbranched alkanes of at least 4 members (excludes halogenated alkanes) is 22. The molecule has 0 aromatic heterocycles. The molecule has 0 aliphatic carbocycles. The van der Waals surface area contributed by atoms with Crippen molar-refractivity contribution in [3.8, 4) is 0 Å². The zero-order valence-electron chi connectivity index (χ0n) is 50.5. The van der Waals surface area contributed by atoms with E-state index in [0.717, 1.165) is 108 Å². The molecule has 1 aliphatic rings. The Bertz CT molecular complexity index is 1780. The van der Waals surface area contributed by atoms with Gasteiger partial charge in [-0.2, -0.15) is 0 Å². The van der Waals surface area contributed by atoms with Gasteiger partial charge in [-0.05, 0) is 141 Å². The fraction of sp³-hybridized carbons (Fsp3) is 0.739. The van der Waals surface area contributed by atoms with E-state index in [1.807, 2.05) is 0 Å². The first-order chi connectivity index (χ1) is 36.3. The summed E-state index contributed by atoms with van der Waals surface area (Å²) in [6, 6.07) is 9.98. The van der Waals surface area contributed by atoms with Crippen molar-refractivity contribution in [3.63, 3.8) is 0 Å². The monoisotopic (exact) mass is 1110 g/mol. The van der Waals surface area contributed by atoms with E-state index in [4.69, 9.17) is 6.92 Å². The molecule has 2 aromatic rings. The summed E-state index contributed by atoms with van der Waals surface area (Å²) in [4.78, 5) is 0. The van der Waals surface area contributed by atoms with Gasteiger partial charge in [0.05, 0.1) is 5.57 Å². The van der Waals surface area contributed by atoms with Gasteiger partial charge in [0.25, 0.3) is 0 Å². The van der Waals surface area contributed by atoms with Crippen LogP contribution < -0.4 is 0 Å². The van der Waals surface area contributed by atoms with Gasteiger partial charge in [-0.3, -0.25) is 0 Å². The maximum absolute atomic E-state index is 12.9. The maximum atomic E-state index is 12.9. The molecule has 0 unspecified atom stereocenters. The van der Waals surface area contributed by atoms with E-state index in [0.29, 0.717) is 0 Å². The molecular weight excluding hydrogens is 995 g/mol. The third-order valence-corrected chi connectivity index (χ3v) is 16.0. The van der Waals surface area contributed by atoms with Crippen molar-refractivity contribution in [1.82, 2.24) is 0 Å². The SMILES string of the molecule is CCCCCCCCCCCCCCCCCCCCC=CC1=C(c2cc(CCCC)c(CCCC)c(CCCC)c2)[N+](=[N-])C(c2cc(CCC)c(CCC)c(CCC)c2)=C1CCCC.CCC[O][Pd][O]CCC. The van der Waals surface area contributed by atoms with Gasteiger partial charge in [-0.1, -0.05) is 222 Å². The Morgan fingerprint density at radius 2 is 0.743 bits per heavy atom. The van der Waals surface area contributed by atoms with E-state index in [9.17, 15) is 5.53 Å². The summed E-state index contributed by atoms with van der Waals surface area (Å²) in [7, 11) is 0. The molecule has 0 bridgehead atoms. The van der Waals surface area contributed by atoms with E-state index >= 15 is 0 Å². The Balaban J connectivity index is 0.00000189. The van der Waals surface area contributed by atoms with Crippen LogP contribution in [-0.2, 0) is 64.2 Å². The van der Waals surface area contributed by atoms with Crippen LogP contribution in [0.2, 0.25) is 0 Å². The van der Waals surface area contributed by atoms with Crippen LogP contribution in [0.15, 0.2) is 47.6 Å². The summed E-state index contributed by atoms with van der Waals surface area (Å²) in [5, 5.41) is 0. The fourth-order valence-corrected chi connectivity index (χ4v) is 11.9. The molecule has 2 aromatic carbocycles. The molecule has 0 N–H and O–H groups in total. The van der Waals surface area contributed by atoms with E-state index in [1.54, 1.807) is 15.8 Å². The Morgan fingerprint density at radius 1 is 0.378 bits per heavy atom. The Morgan fingerprint density at radius 3 is 1.16 bits per heavy atom. The second kappa shape index (κ2) is 45.8. The van der Waals surface area contributed by atoms with E-state index < -0.39 is 0 Å². The molecule has 3 rings (SSSR count). The number of rotatable bonds is 46. The van der Waals surface area contributed by atoms with E-state index in [-0.39, 0.29) is 18.7 Å². The van der Waals surface area contributed by atoms with Crippen LogP contribution in [0.25, 0.3) is 16.9 Å². The van der Waals surface area contributed by atoms with Gasteiger partial charge in [0.15, 0.2) is 0 Å². The molecule has 0 amide bonds. The standard InChI is InChI=1S/C63H104N2.2C3H7O.Pd/c1-9-17-22-23-24-25-26-27-28-29-30-31-32-33-34-35-36-37-38-39-47-61-60(46-21-13-5)62(56-48-52(40-14-6)58(42-16-8)53(49-56)41-15-7)65(64)63(61)57-50-54(43-18-10-2)59(45-20-12-4)55(51-57)44-19-11-3;2*1-2-3-4;/h39,47-51H,9-38,40-46H2,1-8H3;2*2-3H2,1H3;/q;2*-1;+2. The second-order valence-corrected chi connectivity index (χ2v) is 23.1. The van der Waals surface area contributed by atoms with Crippen molar-refractivity contribution in [3.05, 3.63) is 97.6 Å². The summed E-state index contributed by atoms with van der Waals surface area (Å²) in [6.45, 7) is 24.4. The number of hydrogen-bond donors (Lipinski definition) is 0. The average molecular weight is 1110 g/mol. The first kappa shape index (κ1) is 68.0. The van der Waals surface area contributed by atoms with Crippen LogP contribution in [0.5, 0.6) is 0 Å². The molecule has 0 spiro atoms. The molecular formula is C69H118N2O2Pd. The zero-order chi connectivity index (χ0) is 53.9. The number of aryl methyl sites for hydroxylation is 4. The van der Waals surface area contributed by atoms with Crippen molar-refractivity contribution >= 4 is 11.4 Å². The van der Waals surface area contributed by atoms with Gasteiger partial charge < -0.3 is 5.53 Å². The predicted molar refractivity (Wildman–Crippen MR) is 323 cm³/mol. The number of allylic oxidation sites excluding steroid dienone is 4. The minimum absolute atomic E-state index is 0.0746. The molecule has 0 saturated heterocycles. The third kappa shape index (κ3) is 26.9. The molecule has 1 heterocycles. The number of hydrogen-bond acceptors (Lipinski definition) is 2. The van der Waals surface area contributed by atoms with Crippen LogP contribution in [0.1, 0.15) is 326 Å². The molecule has 426 valence electrons. The average Bonchev–Trinajstić information content (AvgIpc) is 3.68. The number of nitrogens with zero attached hydrogens (tertiary/aromatic N) is 2. The van der Waals surface area contributed by atoms with Crippen molar-refractivity contribution in [2.45, 2.75) is 320 Å². The molecule has 0 radical (unpaired) electrons. The van der Waals surface area contributed by atoms with Gasteiger partial charge in [0.1, 0.15) is 0 Å². The number of benzene rings is 2. The topological polar surface area (TPSA) is 43.8 Å². The van der Waals surface area contributed by atoms with Crippen molar-refractivity contribution in [1.29, 1.82) is 0 Å². The molecule has 74 heavy (non-hydrogen) atoms. The predicted octanol–water partition coefficient (Wildman–Crippen LogP) is 22.7. The third-order valence-electron chi connectivity index (χ3n) is 15.0. The summed E-state index contributed by atoms with van der Waals surface area (Å²) < 4.78 is 11.9. The van der Waals surface area contributed by atoms with Crippen LogP contribution in [0, 0.1) is 0 Å². The van der Waals surface area contributed by atoms with Gasteiger partial charge in [-0.15, -0.1) is 0 Å². The van der Waals surface area contributed by atoms with Crippen LogP contribution in [-0.4, -0.2) is 17.9 Å². The van der Waals surface area contributed by atoms with Gasteiger partial charge in [-0.25, -0.2) is 4.70 Å². The molecule has 0 atom stereocenters. The first-order valence-electron chi connectivity index (χ1n) is 32.1. The second-order valence-electron chi connectivity index (χ2n) is 22.0. The normalized spacial score (nSPS) is 12.9. The fourth-order valence-electron chi connectivity index (χ4n) is 10.8. The minimum atomic E-state index is 0.0746. The Labute approximate surface area is 469 Å². The van der Waals surface area contributed by atoms with Crippen molar-refractivity contribution < 1.29 is 30.3 Å². The van der Waals surface area contributed by atoms with Crippen molar-refractivity contribution in [2.24, 2.45) is 0 Å². The summed E-state index contributed by atoms with van der Waals surface area (Å²) in [6.07, 6.45) is 54.2. The van der Waals surface area contributed by atoms with Crippen molar-refractivity contribution in [2.75, 3.05) is 13.2 Å². The summed E-state index contributed by atoms with van der Waals surface area (Å²) in [5.74, 6) is 0. The zero-order valence-corrected chi connectivity index (χ0v) is 52.0. The van der Waals surface area contributed by atoms with Gasteiger partial charge in [0.2, 0.25) is 11.4 Å².